The monoisotopic (exact) mass is 294 g/mol. The molecule has 0 aliphatic rings. The molecule has 0 fully saturated rings. The molecule has 0 amide bonds. The van der Waals surface area contributed by atoms with Crippen molar-refractivity contribution in [2.45, 2.75) is 38.5 Å². The van der Waals surface area contributed by atoms with Gasteiger partial charge in [0.25, 0.3) is 0 Å². The van der Waals surface area contributed by atoms with Crippen LogP contribution in [0.2, 0.25) is 0 Å². The molecule has 0 N–H and O–H groups in total. The van der Waals surface area contributed by atoms with Gasteiger partial charge in [0.2, 0.25) is 0 Å². The minimum atomic E-state index is -0.618. The van der Waals surface area contributed by atoms with Gasteiger partial charge in [0.05, 0.1) is 11.9 Å². The first kappa shape index (κ1) is 15.5. The molecule has 0 saturated heterocycles. The summed E-state index contributed by atoms with van der Waals surface area (Å²) in [6, 6.07) is 3.52. The largest absolute Gasteiger partial charge is 0.242 e. The summed E-state index contributed by atoms with van der Waals surface area (Å²) in [6.45, 7) is 3.77. The molecular weight excluding hydrogens is 277 g/mol. The van der Waals surface area contributed by atoms with Crippen LogP contribution in [0.1, 0.15) is 49.8 Å². The molecule has 2 rings (SSSR count). The van der Waals surface area contributed by atoms with Gasteiger partial charge >= 0.3 is 0 Å². The zero-order chi connectivity index (χ0) is 15.4. The number of rotatable bonds is 5. The Morgan fingerprint density at radius 1 is 1.14 bits per heavy atom. The third kappa shape index (κ3) is 3.40. The van der Waals surface area contributed by atoms with Gasteiger partial charge in [-0.05, 0) is 24.0 Å². The van der Waals surface area contributed by atoms with E-state index in [1.54, 1.807) is 6.92 Å². The maximum Gasteiger partial charge on any atom is 0.163 e. The van der Waals surface area contributed by atoms with Crippen molar-refractivity contribution in [3.05, 3.63) is 59.4 Å². The molecule has 2 atom stereocenters. The molecule has 0 aliphatic carbocycles. The number of halogens is 3. The lowest BCUT2D eigenvalue weighted by atomic mass is 9.81. The lowest BCUT2D eigenvalue weighted by molar-refractivity contribution is 0.463. The van der Waals surface area contributed by atoms with Crippen molar-refractivity contribution in [3.63, 3.8) is 0 Å². The first-order chi connectivity index (χ1) is 10.0. The normalized spacial score (nSPS) is 14.0. The van der Waals surface area contributed by atoms with Crippen molar-refractivity contribution in [2.24, 2.45) is 0 Å². The van der Waals surface area contributed by atoms with Gasteiger partial charge in [0.15, 0.2) is 5.82 Å². The van der Waals surface area contributed by atoms with Crippen LogP contribution in [0.3, 0.4) is 0 Å². The van der Waals surface area contributed by atoms with E-state index in [0.29, 0.717) is 12.0 Å². The van der Waals surface area contributed by atoms with E-state index in [-0.39, 0.29) is 17.5 Å². The van der Waals surface area contributed by atoms with Gasteiger partial charge in [-0.25, -0.2) is 23.1 Å². The first-order valence-electron chi connectivity index (χ1n) is 6.95. The topological polar surface area (TPSA) is 25.8 Å². The van der Waals surface area contributed by atoms with Crippen LogP contribution in [0.5, 0.6) is 0 Å². The van der Waals surface area contributed by atoms with Crippen molar-refractivity contribution >= 4 is 0 Å². The average molecular weight is 294 g/mol. The highest BCUT2D eigenvalue weighted by Gasteiger charge is 2.26. The molecule has 1 aromatic heterocycles. The molecule has 5 heteroatoms. The fourth-order valence-corrected chi connectivity index (χ4v) is 2.64. The summed E-state index contributed by atoms with van der Waals surface area (Å²) in [5, 5.41) is 0. The van der Waals surface area contributed by atoms with E-state index >= 15 is 0 Å². The molecule has 1 heterocycles. The second-order valence-electron chi connectivity index (χ2n) is 5.11. The highest BCUT2D eigenvalue weighted by molar-refractivity contribution is 5.27. The van der Waals surface area contributed by atoms with Crippen molar-refractivity contribution < 1.29 is 13.2 Å². The molecule has 1 aromatic carbocycles. The SMILES string of the molecule is CCCC(c1ccc(F)cc1F)C(C)c1ncncc1F. The highest BCUT2D eigenvalue weighted by Crippen LogP contribution is 2.37. The maximum absolute atomic E-state index is 14.0. The average Bonchev–Trinajstić information content (AvgIpc) is 2.45. The molecule has 0 aliphatic heterocycles. The van der Waals surface area contributed by atoms with Crippen molar-refractivity contribution in [1.29, 1.82) is 0 Å². The molecule has 0 bridgehead atoms. The van der Waals surface area contributed by atoms with Gasteiger partial charge in [0, 0.05) is 12.0 Å². The minimum absolute atomic E-state index is 0.257. The Labute approximate surface area is 122 Å². The molecule has 0 spiro atoms. The van der Waals surface area contributed by atoms with E-state index in [1.165, 1.54) is 18.5 Å². The predicted molar refractivity (Wildman–Crippen MR) is 74.4 cm³/mol. The van der Waals surface area contributed by atoms with E-state index in [2.05, 4.69) is 9.97 Å². The van der Waals surface area contributed by atoms with Gasteiger partial charge in [-0.2, -0.15) is 0 Å². The lowest BCUT2D eigenvalue weighted by Crippen LogP contribution is -2.13. The van der Waals surface area contributed by atoms with Gasteiger partial charge in [-0.1, -0.05) is 26.3 Å². The van der Waals surface area contributed by atoms with Crippen LogP contribution >= 0.6 is 0 Å². The Morgan fingerprint density at radius 2 is 1.90 bits per heavy atom. The molecule has 21 heavy (non-hydrogen) atoms. The number of benzene rings is 1. The Balaban J connectivity index is 2.41. The van der Waals surface area contributed by atoms with Gasteiger partial charge in [-0.15, -0.1) is 0 Å². The van der Waals surface area contributed by atoms with E-state index in [1.807, 2.05) is 6.92 Å². The van der Waals surface area contributed by atoms with Gasteiger partial charge in [-0.3, -0.25) is 0 Å². The van der Waals surface area contributed by atoms with Crippen LogP contribution < -0.4 is 0 Å². The second kappa shape index (κ2) is 6.70. The lowest BCUT2D eigenvalue weighted by Gasteiger charge is -2.24. The maximum atomic E-state index is 14.0. The zero-order valence-corrected chi connectivity index (χ0v) is 12.0. The van der Waals surface area contributed by atoms with E-state index in [4.69, 9.17) is 0 Å². The molecule has 0 radical (unpaired) electrons. The van der Waals surface area contributed by atoms with Crippen LogP contribution in [0, 0.1) is 17.5 Å². The summed E-state index contributed by atoms with van der Waals surface area (Å²) in [6.07, 6.45) is 3.84. The third-order valence-electron chi connectivity index (χ3n) is 3.69. The van der Waals surface area contributed by atoms with E-state index in [0.717, 1.165) is 18.7 Å². The fourth-order valence-electron chi connectivity index (χ4n) is 2.64. The molecule has 2 nitrogen and oxygen atoms in total. The number of aromatic nitrogens is 2. The Kier molecular flexibility index (Phi) is 4.94. The Morgan fingerprint density at radius 3 is 2.52 bits per heavy atom. The van der Waals surface area contributed by atoms with Gasteiger partial charge < -0.3 is 0 Å². The van der Waals surface area contributed by atoms with Crippen LogP contribution in [0.4, 0.5) is 13.2 Å². The highest BCUT2D eigenvalue weighted by atomic mass is 19.1. The Hall–Kier alpha value is -1.91. The van der Waals surface area contributed by atoms with Gasteiger partial charge in [0.1, 0.15) is 18.0 Å². The van der Waals surface area contributed by atoms with Crippen molar-refractivity contribution in [3.8, 4) is 0 Å². The van der Waals surface area contributed by atoms with Crippen LogP contribution in [-0.4, -0.2) is 9.97 Å². The van der Waals surface area contributed by atoms with Crippen LogP contribution in [-0.2, 0) is 0 Å². The van der Waals surface area contributed by atoms with Crippen molar-refractivity contribution in [2.75, 3.05) is 0 Å². The molecular formula is C16H17F3N2. The molecule has 112 valence electrons. The predicted octanol–water partition coefficient (Wildman–Crippen LogP) is 4.58. The minimum Gasteiger partial charge on any atom is -0.242 e. The standard InChI is InChI=1S/C16H17F3N2/c1-3-4-12(13-6-5-11(17)7-14(13)18)10(2)16-15(19)8-20-9-21-16/h5-10,12H,3-4H2,1-2H3. The summed E-state index contributed by atoms with van der Waals surface area (Å²) in [7, 11) is 0. The summed E-state index contributed by atoms with van der Waals surface area (Å²) in [5.41, 5.74) is 0.649. The molecule has 2 unspecified atom stereocenters. The summed E-state index contributed by atoms with van der Waals surface area (Å²) < 4.78 is 40.9. The Bertz CT molecular complexity index is 616. The summed E-state index contributed by atoms with van der Waals surface area (Å²) >= 11 is 0. The van der Waals surface area contributed by atoms with Crippen LogP contribution in [0.25, 0.3) is 0 Å². The second-order valence-corrected chi connectivity index (χ2v) is 5.11. The van der Waals surface area contributed by atoms with E-state index < -0.39 is 17.5 Å². The third-order valence-corrected chi connectivity index (χ3v) is 3.69. The smallest absolute Gasteiger partial charge is 0.163 e. The number of hydrogen-bond acceptors (Lipinski definition) is 2. The zero-order valence-electron chi connectivity index (χ0n) is 12.0. The quantitative estimate of drug-likeness (QED) is 0.806. The number of nitrogens with zero attached hydrogens (tertiary/aromatic N) is 2. The molecule has 2 aromatic rings. The number of hydrogen-bond donors (Lipinski definition) is 0. The van der Waals surface area contributed by atoms with Crippen molar-refractivity contribution in [1.82, 2.24) is 9.97 Å². The fraction of sp³-hybridized carbons (Fsp3) is 0.375. The molecule has 0 saturated carbocycles. The summed E-state index contributed by atoms with van der Waals surface area (Å²) in [4.78, 5) is 7.60. The van der Waals surface area contributed by atoms with E-state index in [9.17, 15) is 13.2 Å². The first-order valence-corrected chi connectivity index (χ1v) is 6.95. The summed E-state index contributed by atoms with van der Waals surface area (Å²) in [5.74, 6) is -2.32. The van der Waals surface area contributed by atoms with Crippen LogP contribution in [0.15, 0.2) is 30.7 Å².